The summed E-state index contributed by atoms with van der Waals surface area (Å²) >= 11 is 12.7. The number of nitrogens with zero attached hydrogens (tertiary/aromatic N) is 2. The first kappa shape index (κ1) is 30.7. The van der Waals surface area contributed by atoms with Gasteiger partial charge in [-0.15, -0.1) is 0 Å². The van der Waals surface area contributed by atoms with Gasteiger partial charge in [0.05, 0.1) is 19.1 Å². The van der Waals surface area contributed by atoms with Gasteiger partial charge in [0, 0.05) is 41.7 Å². The van der Waals surface area contributed by atoms with Crippen LogP contribution in [0.15, 0.2) is 42.5 Å². The molecule has 37 heavy (non-hydrogen) atoms. The lowest BCUT2D eigenvalue weighted by Gasteiger charge is -2.31. The Hall–Kier alpha value is -2.49. The van der Waals surface area contributed by atoms with E-state index in [1.165, 1.54) is 16.3 Å². The summed E-state index contributed by atoms with van der Waals surface area (Å²) in [7, 11) is -2.18. The van der Waals surface area contributed by atoms with E-state index in [4.69, 9.17) is 27.9 Å². The first-order valence-corrected chi connectivity index (χ1v) is 14.8. The molecule has 8 nitrogen and oxygen atoms in total. The zero-order chi connectivity index (χ0) is 27.6. The number of hydrogen-bond acceptors (Lipinski definition) is 5. The van der Waals surface area contributed by atoms with Crippen molar-refractivity contribution in [2.75, 3.05) is 30.8 Å². The van der Waals surface area contributed by atoms with Crippen molar-refractivity contribution in [1.29, 1.82) is 0 Å². The monoisotopic (exact) mass is 571 g/mol. The lowest BCUT2D eigenvalue weighted by Crippen LogP contribution is -2.49. The molecule has 0 radical (unpaired) electrons. The van der Waals surface area contributed by atoms with Crippen molar-refractivity contribution < 1.29 is 22.7 Å². The summed E-state index contributed by atoms with van der Waals surface area (Å²) in [5, 5.41) is 3.66. The second-order valence-electron chi connectivity index (χ2n) is 8.55. The van der Waals surface area contributed by atoms with Gasteiger partial charge < -0.3 is 15.0 Å². The summed E-state index contributed by atoms with van der Waals surface area (Å²) in [6.45, 7) is 4.38. The minimum absolute atomic E-state index is 0.0147. The van der Waals surface area contributed by atoms with Crippen LogP contribution < -0.4 is 14.4 Å². The summed E-state index contributed by atoms with van der Waals surface area (Å²) in [6, 6.07) is 11.1. The van der Waals surface area contributed by atoms with Crippen molar-refractivity contribution in [3.8, 4) is 5.75 Å². The van der Waals surface area contributed by atoms with Gasteiger partial charge in [-0.2, -0.15) is 0 Å². The molecule has 1 atom stereocenters. The molecule has 2 rings (SSSR count). The molecule has 0 heterocycles. The molecule has 0 aliphatic rings. The van der Waals surface area contributed by atoms with Crippen LogP contribution >= 0.6 is 23.2 Å². The van der Waals surface area contributed by atoms with Crippen LogP contribution in [0.3, 0.4) is 0 Å². The SMILES string of the molecule is CCCNC(=O)[C@@H](CC)N(Cc1c(Cl)cccc1Cl)C(=O)CCCN(c1ccccc1OC)S(C)(=O)=O. The molecule has 0 fully saturated rings. The zero-order valence-electron chi connectivity index (χ0n) is 21.7. The largest absolute Gasteiger partial charge is 0.495 e. The van der Waals surface area contributed by atoms with E-state index in [0.717, 1.165) is 12.7 Å². The standard InChI is InChI=1S/C26H35Cl2N3O5S/c1-5-16-29-26(33)22(6-2)30(18-19-20(27)11-9-12-21(19)28)25(32)15-10-17-31(37(4,34)35)23-13-7-8-14-24(23)36-3/h7-9,11-14,22H,5-6,10,15-18H2,1-4H3,(H,29,33)/t22-/m1/s1. The molecule has 0 aliphatic heterocycles. The van der Waals surface area contributed by atoms with E-state index in [1.54, 1.807) is 42.5 Å². The van der Waals surface area contributed by atoms with Crippen molar-refractivity contribution in [3.63, 3.8) is 0 Å². The van der Waals surface area contributed by atoms with Gasteiger partial charge in [0.2, 0.25) is 21.8 Å². The molecular weight excluding hydrogens is 537 g/mol. The number of para-hydroxylation sites is 2. The van der Waals surface area contributed by atoms with Crippen LogP contribution in [0.2, 0.25) is 10.0 Å². The highest BCUT2D eigenvalue weighted by Crippen LogP contribution is 2.30. The fraction of sp³-hybridized carbons (Fsp3) is 0.462. The van der Waals surface area contributed by atoms with Crippen LogP contribution in [-0.4, -0.2) is 57.6 Å². The highest BCUT2D eigenvalue weighted by atomic mass is 35.5. The first-order valence-electron chi connectivity index (χ1n) is 12.2. The number of sulfonamides is 1. The maximum atomic E-state index is 13.5. The van der Waals surface area contributed by atoms with Crippen LogP contribution in [0.25, 0.3) is 0 Å². The Kier molecular flexibility index (Phi) is 12.0. The molecular formula is C26H35Cl2N3O5S. The van der Waals surface area contributed by atoms with Gasteiger partial charge >= 0.3 is 0 Å². The molecule has 2 aromatic carbocycles. The van der Waals surface area contributed by atoms with E-state index in [9.17, 15) is 18.0 Å². The van der Waals surface area contributed by atoms with Gasteiger partial charge in [0.1, 0.15) is 11.8 Å². The summed E-state index contributed by atoms with van der Waals surface area (Å²) < 4.78 is 31.7. The maximum absolute atomic E-state index is 13.5. The van der Waals surface area contributed by atoms with Gasteiger partial charge in [-0.1, -0.05) is 55.2 Å². The van der Waals surface area contributed by atoms with Gasteiger partial charge in [-0.05, 0) is 43.5 Å². The number of ether oxygens (including phenoxy) is 1. The molecule has 0 unspecified atom stereocenters. The molecule has 0 aliphatic carbocycles. The molecule has 0 saturated carbocycles. The quantitative estimate of drug-likeness (QED) is 0.348. The van der Waals surface area contributed by atoms with Crippen molar-refractivity contribution in [2.24, 2.45) is 0 Å². The van der Waals surface area contributed by atoms with Crippen LogP contribution in [0.4, 0.5) is 5.69 Å². The number of anilines is 1. The first-order chi connectivity index (χ1) is 17.5. The highest BCUT2D eigenvalue weighted by Gasteiger charge is 2.30. The zero-order valence-corrected chi connectivity index (χ0v) is 24.0. The normalized spacial score (nSPS) is 12.1. The number of hydrogen-bond donors (Lipinski definition) is 1. The number of rotatable bonds is 14. The number of carbonyl (C=O) groups is 2. The number of halogens is 2. The Morgan fingerprint density at radius 1 is 1.05 bits per heavy atom. The van der Waals surface area contributed by atoms with Crippen LogP contribution in [0, 0.1) is 0 Å². The van der Waals surface area contributed by atoms with E-state index in [1.807, 2.05) is 13.8 Å². The highest BCUT2D eigenvalue weighted by molar-refractivity contribution is 7.92. The van der Waals surface area contributed by atoms with Gasteiger partial charge in [0.15, 0.2) is 0 Å². The minimum Gasteiger partial charge on any atom is -0.495 e. The smallest absolute Gasteiger partial charge is 0.242 e. The van der Waals surface area contributed by atoms with Crippen LogP contribution in [0.5, 0.6) is 5.75 Å². The predicted molar refractivity (Wildman–Crippen MR) is 149 cm³/mol. The third kappa shape index (κ3) is 8.51. The number of benzene rings is 2. The molecule has 2 amide bonds. The van der Waals surface area contributed by atoms with Gasteiger partial charge in [0.25, 0.3) is 0 Å². The molecule has 1 N–H and O–H groups in total. The second kappa shape index (κ2) is 14.4. The van der Waals surface area contributed by atoms with E-state index in [0.29, 0.717) is 40.0 Å². The third-order valence-corrected chi connectivity index (χ3v) is 7.72. The Morgan fingerprint density at radius 2 is 1.70 bits per heavy atom. The van der Waals surface area contributed by atoms with Gasteiger partial charge in [-0.25, -0.2) is 8.42 Å². The number of carbonyl (C=O) groups excluding carboxylic acids is 2. The van der Waals surface area contributed by atoms with Crippen molar-refractivity contribution in [1.82, 2.24) is 10.2 Å². The maximum Gasteiger partial charge on any atom is 0.242 e. The Morgan fingerprint density at radius 3 is 2.27 bits per heavy atom. The Bertz CT molecular complexity index is 1160. The molecule has 2 aromatic rings. The van der Waals surface area contributed by atoms with Crippen molar-refractivity contribution in [2.45, 2.75) is 52.1 Å². The molecule has 204 valence electrons. The average Bonchev–Trinajstić information content (AvgIpc) is 2.86. The number of nitrogens with one attached hydrogen (secondary N) is 1. The lowest BCUT2D eigenvalue weighted by atomic mass is 10.1. The molecule has 0 aromatic heterocycles. The van der Waals surface area contributed by atoms with Crippen LogP contribution in [-0.2, 0) is 26.2 Å². The second-order valence-corrected chi connectivity index (χ2v) is 11.3. The fourth-order valence-corrected chi connectivity index (χ4v) is 5.44. The topological polar surface area (TPSA) is 96.0 Å². The van der Waals surface area contributed by atoms with Crippen molar-refractivity contribution in [3.05, 3.63) is 58.1 Å². The summed E-state index contributed by atoms with van der Waals surface area (Å²) in [5.74, 6) is -0.150. The molecule has 11 heteroatoms. The van der Waals surface area contributed by atoms with Gasteiger partial charge in [-0.3, -0.25) is 13.9 Å². The molecule has 0 spiro atoms. The average molecular weight is 573 g/mol. The van der Waals surface area contributed by atoms with Crippen LogP contribution in [0.1, 0.15) is 45.1 Å². The Balaban J connectivity index is 2.29. The number of amides is 2. The Labute approximate surface area is 229 Å². The fourth-order valence-electron chi connectivity index (χ4n) is 3.96. The van der Waals surface area contributed by atoms with E-state index in [-0.39, 0.29) is 37.7 Å². The summed E-state index contributed by atoms with van der Waals surface area (Å²) in [5.41, 5.74) is 0.942. The predicted octanol–water partition coefficient (Wildman–Crippen LogP) is 4.88. The third-order valence-electron chi connectivity index (χ3n) is 5.83. The summed E-state index contributed by atoms with van der Waals surface area (Å²) in [6.07, 6.45) is 2.50. The minimum atomic E-state index is -3.64. The lowest BCUT2D eigenvalue weighted by molar-refractivity contribution is -0.141. The molecule has 0 saturated heterocycles. The van der Waals surface area contributed by atoms with Crippen molar-refractivity contribution >= 4 is 50.7 Å². The van der Waals surface area contributed by atoms with E-state index >= 15 is 0 Å². The van der Waals surface area contributed by atoms with E-state index < -0.39 is 16.1 Å². The number of methoxy groups -OCH3 is 1. The van der Waals surface area contributed by atoms with E-state index in [2.05, 4.69) is 5.32 Å². The summed E-state index contributed by atoms with van der Waals surface area (Å²) in [4.78, 5) is 27.9. The molecule has 0 bridgehead atoms.